The molecule has 1 aliphatic rings. The number of aliphatic hydroxyl groups is 1. The Labute approximate surface area is 120 Å². The van der Waals surface area contributed by atoms with Crippen LogP contribution in [0.3, 0.4) is 0 Å². The second kappa shape index (κ2) is 5.83. The fourth-order valence-corrected chi connectivity index (χ4v) is 4.05. The molecule has 2 N–H and O–H groups in total. The molecule has 0 aliphatic heterocycles. The number of aryl methyl sites for hydroxylation is 1. The van der Waals surface area contributed by atoms with Crippen LogP contribution in [0.5, 0.6) is 0 Å². The summed E-state index contributed by atoms with van der Waals surface area (Å²) in [7, 11) is -3.62. The van der Waals surface area contributed by atoms with Crippen LogP contribution in [-0.2, 0) is 16.6 Å². The van der Waals surface area contributed by atoms with E-state index in [1.807, 2.05) is 0 Å². The zero-order valence-electron chi connectivity index (χ0n) is 12.3. The van der Waals surface area contributed by atoms with Gasteiger partial charge in [-0.2, -0.15) is 9.40 Å². The molecular weight excluding hydrogens is 278 g/mol. The molecule has 1 heterocycles. The Kier molecular flexibility index (Phi) is 4.51. The van der Waals surface area contributed by atoms with E-state index >= 15 is 0 Å². The molecule has 0 saturated heterocycles. The van der Waals surface area contributed by atoms with Crippen LogP contribution in [0.25, 0.3) is 0 Å². The van der Waals surface area contributed by atoms with Crippen LogP contribution in [-0.4, -0.2) is 40.6 Å². The van der Waals surface area contributed by atoms with Crippen LogP contribution in [0.1, 0.15) is 44.4 Å². The van der Waals surface area contributed by atoms with Gasteiger partial charge >= 0.3 is 0 Å². The highest BCUT2D eigenvalue weighted by atomic mass is 32.2. The number of sulfonamides is 1. The summed E-state index contributed by atoms with van der Waals surface area (Å²) >= 11 is 0. The molecule has 0 bridgehead atoms. The number of aromatic amines is 1. The van der Waals surface area contributed by atoms with Crippen molar-refractivity contribution in [1.29, 1.82) is 0 Å². The maximum atomic E-state index is 12.8. The average molecular weight is 301 g/mol. The fourth-order valence-electron chi connectivity index (χ4n) is 2.19. The van der Waals surface area contributed by atoms with Crippen LogP contribution < -0.4 is 0 Å². The molecule has 20 heavy (non-hydrogen) atoms. The number of hydrogen-bond acceptors (Lipinski definition) is 4. The summed E-state index contributed by atoms with van der Waals surface area (Å²) in [5, 5.41) is 15.9. The van der Waals surface area contributed by atoms with Crippen LogP contribution in [0.2, 0.25) is 0 Å². The molecule has 0 aromatic carbocycles. The van der Waals surface area contributed by atoms with Gasteiger partial charge in [0.2, 0.25) is 0 Å². The van der Waals surface area contributed by atoms with Gasteiger partial charge in [0.05, 0.1) is 6.61 Å². The maximum absolute atomic E-state index is 12.8. The number of rotatable bonds is 7. The third kappa shape index (κ3) is 3.05. The smallest absolute Gasteiger partial charge is 0.263 e. The molecule has 1 aliphatic carbocycles. The second-order valence-corrected chi connectivity index (χ2v) is 7.63. The second-order valence-electron chi connectivity index (χ2n) is 5.82. The van der Waals surface area contributed by atoms with Crippen molar-refractivity contribution in [1.82, 2.24) is 14.5 Å². The van der Waals surface area contributed by atoms with E-state index in [9.17, 15) is 13.5 Å². The van der Waals surface area contributed by atoms with Crippen molar-refractivity contribution in [2.24, 2.45) is 5.92 Å². The predicted molar refractivity (Wildman–Crippen MR) is 75.6 cm³/mol. The first kappa shape index (κ1) is 15.5. The van der Waals surface area contributed by atoms with E-state index in [1.165, 1.54) is 0 Å². The first-order valence-electron chi connectivity index (χ1n) is 7.04. The fraction of sp³-hybridized carbons (Fsp3) is 0.769. The van der Waals surface area contributed by atoms with Gasteiger partial charge in [0, 0.05) is 23.8 Å². The Bertz CT molecular complexity index is 561. The Morgan fingerprint density at radius 2 is 2.10 bits per heavy atom. The van der Waals surface area contributed by atoms with Crippen LogP contribution in [0.15, 0.2) is 5.03 Å². The molecule has 1 aromatic rings. The molecule has 0 radical (unpaired) electrons. The lowest BCUT2D eigenvalue weighted by Crippen LogP contribution is -2.35. The van der Waals surface area contributed by atoms with E-state index in [1.54, 1.807) is 11.2 Å². The van der Waals surface area contributed by atoms with Crippen molar-refractivity contribution in [3.05, 3.63) is 11.3 Å². The van der Waals surface area contributed by atoms with Crippen molar-refractivity contribution in [2.45, 2.75) is 57.7 Å². The average Bonchev–Trinajstić information content (AvgIpc) is 3.11. The summed E-state index contributed by atoms with van der Waals surface area (Å²) in [6, 6.07) is 0.0994. The molecule has 6 nitrogen and oxygen atoms in total. The molecular formula is C13H23N3O3S. The molecule has 114 valence electrons. The van der Waals surface area contributed by atoms with E-state index in [2.05, 4.69) is 24.0 Å². The summed E-state index contributed by atoms with van der Waals surface area (Å²) in [6.07, 6.45) is 2.65. The summed E-state index contributed by atoms with van der Waals surface area (Å²) in [5.41, 5.74) is 0.978. The van der Waals surface area contributed by atoms with E-state index in [0.29, 0.717) is 23.7 Å². The van der Waals surface area contributed by atoms with Crippen molar-refractivity contribution in [2.75, 3.05) is 6.54 Å². The van der Waals surface area contributed by atoms with Gasteiger partial charge in [0.15, 0.2) is 5.03 Å². The third-order valence-electron chi connectivity index (χ3n) is 3.63. The molecule has 0 amide bonds. The Hall–Kier alpha value is -0.920. The normalized spacial score (nSPS) is 16.3. The zero-order valence-corrected chi connectivity index (χ0v) is 13.1. The molecule has 2 rings (SSSR count). The van der Waals surface area contributed by atoms with Crippen LogP contribution >= 0.6 is 0 Å². The highest BCUT2D eigenvalue weighted by molar-refractivity contribution is 7.89. The Balaban J connectivity index is 2.30. The SMILES string of the molecule is Cc1[nH]nc(S(=O)(=O)N(CCC(C)C)C2CC2)c1CO. The number of hydrogen-bond donors (Lipinski definition) is 2. The van der Waals surface area contributed by atoms with E-state index < -0.39 is 10.0 Å². The van der Waals surface area contributed by atoms with Crippen LogP contribution in [0, 0.1) is 12.8 Å². The van der Waals surface area contributed by atoms with E-state index in [0.717, 1.165) is 19.3 Å². The number of nitrogens with zero attached hydrogens (tertiary/aromatic N) is 2. The summed E-state index contributed by atoms with van der Waals surface area (Å²) in [4.78, 5) is 0. The van der Waals surface area contributed by atoms with Crippen molar-refractivity contribution < 1.29 is 13.5 Å². The van der Waals surface area contributed by atoms with Gasteiger partial charge in [0.1, 0.15) is 0 Å². The van der Waals surface area contributed by atoms with Crippen LogP contribution in [0.4, 0.5) is 0 Å². The van der Waals surface area contributed by atoms with Crippen molar-refractivity contribution >= 4 is 10.0 Å². The molecule has 1 fully saturated rings. The third-order valence-corrected chi connectivity index (χ3v) is 5.55. The quantitative estimate of drug-likeness (QED) is 0.797. The molecule has 1 aromatic heterocycles. The van der Waals surface area contributed by atoms with E-state index in [4.69, 9.17) is 0 Å². The summed E-state index contributed by atoms with van der Waals surface area (Å²) in [5.74, 6) is 0.449. The molecule has 0 unspecified atom stereocenters. The highest BCUT2D eigenvalue weighted by Gasteiger charge is 2.40. The molecule has 7 heteroatoms. The lowest BCUT2D eigenvalue weighted by Gasteiger charge is -2.22. The lowest BCUT2D eigenvalue weighted by atomic mass is 10.1. The predicted octanol–water partition coefficient (Wildman–Crippen LogP) is 1.41. The van der Waals surface area contributed by atoms with Gasteiger partial charge in [-0.1, -0.05) is 13.8 Å². The van der Waals surface area contributed by atoms with Crippen molar-refractivity contribution in [3.63, 3.8) is 0 Å². The molecule has 1 saturated carbocycles. The number of aromatic nitrogens is 2. The minimum Gasteiger partial charge on any atom is -0.392 e. The first-order chi connectivity index (χ1) is 9.37. The monoisotopic (exact) mass is 301 g/mol. The molecule has 0 atom stereocenters. The first-order valence-corrected chi connectivity index (χ1v) is 8.48. The molecule has 0 spiro atoms. The van der Waals surface area contributed by atoms with Gasteiger partial charge in [-0.05, 0) is 32.1 Å². The van der Waals surface area contributed by atoms with Gasteiger partial charge in [-0.3, -0.25) is 5.10 Å². The Morgan fingerprint density at radius 1 is 1.45 bits per heavy atom. The summed E-state index contributed by atoms with van der Waals surface area (Å²) in [6.45, 7) is 6.07. The van der Waals surface area contributed by atoms with Crippen molar-refractivity contribution in [3.8, 4) is 0 Å². The maximum Gasteiger partial charge on any atom is 0.263 e. The summed E-state index contributed by atoms with van der Waals surface area (Å²) < 4.78 is 27.1. The van der Waals surface area contributed by atoms with Gasteiger partial charge in [-0.15, -0.1) is 0 Å². The van der Waals surface area contributed by atoms with Gasteiger partial charge in [-0.25, -0.2) is 8.42 Å². The Morgan fingerprint density at radius 3 is 2.60 bits per heavy atom. The highest BCUT2D eigenvalue weighted by Crippen LogP contribution is 2.33. The van der Waals surface area contributed by atoms with Gasteiger partial charge < -0.3 is 5.11 Å². The standard InChI is InChI=1S/C13H23N3O3S/c1-9(2)6-7-16(11-4-5-11)20(18,19)13-12(8-17)10(3)14-15-13/h9,11,17H,4-8H2,1-3H3,(H,14,15). The topological polar surface area (TPSA) is 86.3 Å². The number of aliphatic hydroxyl groups excluding tert-OH is 1. The van der Waals surface area contributed by atoms with Gasteiger partial charge in [0.25, 0.3) is 10.0 Å². The number of nitrogens with one attached hydrogen (secondary N) is 1. The number of H-pyrrole nitrogens is 1. The largest absolute Gasteiger partial charge is 0.392 e. The van der Waals surface area contributed by atoms with E-state index in [-0.39, 0.29) is 17.7 Å². The minimum absolute atomic E-state index is 0.0202. The minimum atomic E-state index is -3.62. The lowest BCUT2D eigenvalue weighted by molar-refractivity contribution is 0.277. The zero-order chi connectivity index (χ0) is 14.9.